The summed E-state index contributed by atoms with van der Waals surface area (Å²) >= 11 is 5.08. The molecule has 3 rings (SSSR count). The van der Waals surface area contributed by atoms with Crippen LogP contribution in [0.2, 0.25) is 0 Å². The number of anilines is 1. The molecule has 1 aromatic heterocycles. The maximum Gasteiger partial charge on any atom is 0.125 e. The molecule has 2 aromatic carbocycles. The minimum Gasteiger partial charge on any atom is -0.387 e. The van der Waals surface area contributed by atoms with Crippen molar-refractivity contribution in [3.8, 4) is 10.6 Å². The topological polar surface area (TPSA) is 24.9 Å². The Hall–Kier alpha value is -1.46. The van der Waals surface area contributed by atoms with Crippen molar-refractivity contribution < 1.29 is 4.39 Å². The highest BCUT2D eigenvalue weighted by Gasteiger charge is 2.08. The highest BCUT2D eigenvalue weighted by atomic mass is 79.9. The molecule has 0 radical (unpaired) electrons. The van der Waals surface area contributed by atoms with Gasteiger partial charge in [-0.05, 0) is 46.3 Å². The van der Waals surface area contributed by atoms with Gasteiger partial charge in [0.1, 0.15) is 10.8 Å². The predicted octanol–water partition coefficient (Wildman–Crippen LogP) is 4.91. The lowest BCUT2D eigenvalue weighted by Gasteiger charge is -2.04. The molecule has 0 aliphatic heterocycles. The fourth-order valence-electron chi connectivity index (χ4n) is 1.87. The van der Waals surface area contributed by atoms with Crippen LogP contribution in [0.5, 0.6) is 0 Å². The van der Waals surface area contributed by atoms with Crippen molar-refractivity contribution in [3.05, 3.63) is 46.7 Å². The number of nitrogens with one attached hydrogen (secondary N) is 1. The summed E-state index contributed by atoms with van der Waals surface area (Å²) in [5.41, 5.74) is 2.75. The van der Waals surface area contributed by atoms with Gasteiger partial charge < -0.3 is 5.32 Å². The first kappa shape index (κ1) is 12.6. The zero-order valence-corrected chi connectivity index (χ0v) is 12.5. The minimum absolute atomic E-state index is 0.254. The predicted molar refractivity (Wildman–Crippen MR) is 82.3 cm³/mol. The summed E-state index contributed by atoms with van der Waals surface area (Å²) in [6.07, 6.45) is 0. The monoisotopic (exact) mass is 335 g/mol. The minimum atomic E-state index is -0.254. The summed E-state index contributed by atoms with van der Waals surface area (Å²) in [5, 5.41) is 3.99. The molecule has 96 valence electrons. The third-order valence-electron chi connectivity index (χ3n) is 2.83. The lowest BCUT2D eigenvalue weighted by Crippen LogP contribution is -1.89. The first-order chi connectivity index (χ1) is 9.17. The Bertz CT molecular complexity index is 754. The molecule has 0 aliphatic rings. The number of hydrogen-bond acceptors (Lipinski definition) is 3. The second kappa shape index (κ2) is 4.90. The SMILES string of the molecule is [11CH3]Nc1ccc(-c2nc3cc(F)ccc3s2)cc1Br. The van der Waals surface area contributed by atoms with Gasteiger partial charge in [-0.2, -0.15) is 0 Å². The molecule has 3 aromatic rings. The van der Waals surface area contributed by atoms with Crippen molar-refractivity contribution in [2.45, 2.75) is 0 Å². The molecule has 0 unspecified atom stereocenters. The summed E-state index contributed by atoms with van der Waals surface area (Å²) in [4.78, 5) is 4.48. The standard InChI is InChI=1S/C14H10BrFN2S/c1-17-11-4-2-8(6-10(11)15)14-18-12-7-9(16)3-5-13(12)19-14/h2-7,17H,1H3/i1-1. The molecule has 0 aliphatic carbocycles. The van der Waals surface area contributed by atoms with Crippen LogP contribution in [0.4, 0.5) is 10.1 Å². The molecule has 1 heterocycles. The van der Waals surface area contributed by atoms with Crippen molar-refractivity contribution in [3.63, 3.8) is 0 Å². The van der Waals surface area contributed by atoms with E-state index in [0.29, 0.717) is 5.52 Å². The van der Waals surface area contributed by atoms with Crippen molar-refractivity contribution in [1.82, 2.24) is 4.98 Å². The quantitative estimate of drug-likeness (QED) is 0.719. The van der Waals surface area contributed by atoms with Gasteiger partial charge in [-0.3, -0.25) is 0 Å². The summed E-state index contributed by atoms with van der Waals surface area (Å²) in [6.45, 7) is 0. The van der Waals surface area contributed by atoms with Gasteiger partial charge in [-0.15, -0.1) is 11.3 Å². The highest BCUT2D eigenvalue weighted by Crippen LogP contribution is 2.33. The van der Waals surface area contributed by atoms with E-state index in [1.807, 2.05) is 25.2 Å². The van der Waals surface area contributed by atoms with E-state index in [1.165, 1.54) is 12.1 Å². The average Bonchev–Trinajstić information content (AvgIpc) is 2.81. The van der Waals surface area contributed by atoms with E-state index in [0.717, 1.165) is 25.4 Å². The highest BCUT2D eigenvalue weighted by molar-refractivity contribution is 9.10. The number of fused-ring (bicyclic) bond motifs is 1. The average molecular weight is 336 g/mol. The van der Waals surface area contributed by atoms with Gasteiger partial charge in [0.25, 0.3) is 0 Å². The lowest BCUT2D eigenvalue weighted by atomic mass is 10.2. The molecule has 0 amide bonds. The molecule has 0 saturated heterocycles. The summed E-state index contributed by atoms with van der Waals surface area (Å²) in [6, 6.07) is 10.7. The van der Waals surface area contributed by atoms with Crippen molar-refractivity contribution >= 4 is 43.2 Å². The largest absolute Gasteiger partial charge is 0.387 e. The van der Waals surface area contributed by atoms with Gasteiger partial charge in [0.2, 0.25) is 0 Å². The number of rotatable bonds is 2. The molecule has 2 nitrogen and oxygen atoms in total. The van der Waals surface area contributed by atoms with E-state index in [1.54, 1.807) is 17.4 Å². The fourth-order valence-corrected chi connectivity index (χ4v) is 3.39. The van der Waals surface area contributed by atoms with Gasteiger partial charge in [0.05, 0.1) is 10.2 Å². The van der Waals surface area contributed by atoms with Gasteiger partial charge in [-0.1, -0.05) is 0 Å². The van der Waals surface area contributed by atoms with Gasteiger partial charge in [-0.25, -0.2) is 9.37 Å². The Balaban J connectivity index is 2.11. The summed E-state index contributed by atoms with van der Waals surface area (Å²) < 4.78 is 15.1. The van der Waals surface area contributed by atoms with Crippen molar-refractivity contribution in [2.75, 3.05) is 12.4 Å². The summed E-state index contributed by atoms with van der Waals surface area (Å²) in [5.74, 6) is -0.254. The van der Waals surface area contributed by atoms with Crippen LogP contribution in [0.1, 0.15) is 0 Å². The Kier molecular flexibility index (Phi) is 3.24. The maximum atomic E-state index is 13.2. The van der Waals surface area contributed by atoms with E-state index < -0.39 is 0 Å². The first-order valence-corrected chi connectivity index (χ1v) is 7.32. The second-order valence-corrected chi connectivity index (χ2v) is 5.96. The van der Waals surface area contributed by atoms with Gasteiger partial charge in [0.15, 0.2) is 0 Å². The fraction of sp³-hybridized carbons (Fsp3) is 0.0714. The summed E-state index contributed by atoms with van der Waals surface area (Å²) in [7, 11) is 1.88. The third-order valence-corrected chi connectivity index (χ3v) is 4.58. The maximum absolute atomic E-state index is 13.2. The molecule has 19 heavy (non-hydrogen) atoms. The molecule has 0 fully saturated rings. The number of benzene rings is 2. The molecular formula is C14H10BrFN2S. The molecule has 0 atom stereocenters. The second-order valence-electron chi connectivity index (χ2n) is 4.08. The van der Waals surface area contributed by atoms with E-state index in [-0.39, 0.29) is 5.82 Å². The van der Waals surface area contributed by atoms with E-state index in [9.17, 15) is 4.39 Å². The van der Waals surface area contributed by atoms with Crippen LogP contribution in [0.15, 0.2) is 40.9 Å². The molecule has 5 heteroatoms. The van der Waals surface area contributed by atoms with Crippen molar-refractivity contribution in [2.24, 2.45) is 0 Å². The zero-order valence-electron chi connectivity index (χ0n) is 10.1. The number of hydrogen-bond donors (Lipinski definition) is 1. The lowest BCUT2D eigenvalue weighted by molar-refractivity contribution is 0.629. The first-order valence-electron chi connectivity index (χ1n) is 5.71. The zero-order chi connectivity index (χ0) is 13.4. The molecule has 0 saturated carbocycles. The number of nitrogens with zero attached hydrogens (tertiary/aromatic N) is 1. The normalized spacial score (nSPS) is 10.9. The smallest absolute Gasteiger partial charge is 0.125 e. The Morgan fingerprint density at radius 3 is 2.79 bits per heavy atom. The molecule has 0 spiro atoms. The Labute approximate surface area is 122 Å². The van der Waals surface area contributed by atoms with Gasteiger partial charge >= 0.3 is 0 Å². The molecule has 1 N–H and O–H groups in total. The van der Waals surface area contributed by atoms with Crippen molar-refractivity contribution in [1.29, 1.82) is 0 Å². The van der Waals surface area contributed by atoms with Gasteiger partial charge in [0, 0.05) is 28.8 Å². The van der Waals surface area contributed by atoms with Crippen LogP contribution in [0, 0.1) is 5.82 Å². The van der Waals surface area contributed by atoms with Crippen LogP contribution < -0.4 is 5.32 Å². The molecular weight excluding hydrogens is 326 g/mol. The number of halogens is 2. The molecule has 0 bridgehead atoms. The Morgan fingerprint density at radius 2 is 2.05 bits per heavy atom. The van der Waals surface area contributed by atoms with Crippen LogP contribution in [-0.4, -0.2) is 12.0 Å². The third kappa shape index (κ3) is 2.35. The van der Waals surface area contributed by atoms with Crippen LogP contribution in [0.3, 0.4) is 0 Å². The van der Waals surface area contributed by atoms with Crippen LogP contribution in [0.25, 0.3) is 20.8 Å². The number of thiazole rings is 1. The van der Waals surface area contributed by atoms with E-state index in [4.69, 9.17) is 0 Å². The Morgan fingerprint density at radius 1 is 1.21 bits per heavy atom. The van der Waals surface area contributed by atoms with E-state index in [2.05, 4.69) is 26.2 Å². The van der Waals surface area contributed by atoms with E-state index >= 15 is 0 Å². The van der Waals surface area contributed by atoms with Crippen LogP contribution >= 0.6 is 27.3 Å². The number of aromatic nitrogens is 1. The van der Waals surface area contributed by atoms with Crippen LogP contribution in [-0.2, 0) is 0 Å².